The van der Waals surface area contributed by atoms with Gasteiger partial charge in [-0.25, -0.2) is 14.8 Å². The molecule has 0 radical (unpaired) electrons. The normalized spacial score (nSPS) is 14.6. The standard InChI is InChI=1S/C19H24N6O2/c26-17(23-19(27)22-15-16-5-2-1-3-6-16)7-10-24-11-13-25(14-12-24)18-20-8-4-9-21-18/h1-6,8-9H,7,10-15H2,(H2,22,23,26,27). The van der Waals surface area contributed by atoms with E-state index in [1.54, 1.807) is 18.5 Å². The Morgan fingerprint density at radius 3 is 2.37 bits per heavy atom. The van der Waals surface area contributed by atoms with Gasteiger partial charge in [-0.15, -0.1) is 0 Å². The molecule has 0 aliphatic carbocycles. The number of carbonyl (C=O) groups excluding carboxylic acids is 2. The number of amides is 3. The van der Waals surface area contributed by atoms with Crippen LogP contribution in [0.15, 0.2) is 48.8 Å². The summed E-state index contributed by atoms with van der Waals surface area (Å²) in [5, 5.41) is 5.07. The van der Waals surface area contributed by atoms with Crippen molar-refractivity contribution in [1.82, 2.24) is 25.5 Å². The van der Waals surface area contributed by atoms with Gasteiger partial charge in [-0.2, -0.15) is 0 Å². The van der Waals surface area contributed by atoms with Crippen molar-refractivity contribution in [1.29, 1.82) is 0 Å². The van der Waals surface area contributed by atoms with Crippen molar-refractivity contribution in [2.75, 3.05) is 37.6 Å². The third kappa shape index (κ3) is 6.03. The highest BCUT2D eigenvalue weighted by Crippen LogP contribution is 2.09. The molecule has 0 atom stereocenters. The van der Waals surface area contributed by atoms with E-state index in [1.165, 1.54) is 0 Å². The summed E-state index contributed by atoms with van der Waals surface area (Å²) in [4.78, 5) is 36.6. The Hall–Kier alpha value is -3.00. The van der Waals surface area contributed by atoms with Crippen LogP contribution in [0.3, 0.4) is 0 Å². The number of rotatable bonds is 6. The molecule has 2 aromatic rings. The second-order valence-corrected chi connectivity index (χ2v) is 6.34. The zero-order valence-corrected chi connectivity index (χ0v) is 15.2. The molecule has 0 saturated carbocycles. The van der Waals surface area contributed by atoms with Gasteiger partial charge in [0.2, 0.25) is 11.9 Å². The average molecular weight is 368 g/mol. The highest BCUT2D eigenvalue weighted by Gasteiger charge is 2.19. The molecule has 1 aliphatic rings. The Balaban J connectivity index is 1.32. The lowest BCUT2D eigenvalue weighted by atomic mass is 10.2. The lowest BCUT2D eigenvalue weighted by Gasteiger charge is -2.34. The summed E-state index contributed by atoms with van der Waals surface area (Å²) in [6, 6.07) is 10.9. The lowest BCUT2D eigenvalue weighted by molar-refractivity contribution is -0.120. The molecule has 8 heteroatoms. The molecule has 2 heterocycles. The van der Waals surface area contributed by atoms with Crippen LogP contribution in [-0.4, -0.2) is 59.5 Å². The fourth-order valence-electron chi connectivity index (χ4n) is 2.90. The van der Waals surface area contributed by atoms with Crippen LogP contribution in [0.25, 0.3) is 0 Å². The fraction of sp³-hybridized carbons (Fsp3) is 0.368. The summed E-state index contributed by atoms with van der Waals surface area (Å²) < 4.78 is 0. The number of imide groups is 1. The van der Waals surface area contributed by atoms with Gasteiger partial charge in [0.15, 0.2) is 0 Å². The van der Waals surface area contributed by atoms with Crippen molar-refractivity contribution < 1.29 is 9.59 Å². The maximum Gasteiger partial charge on any atom is 0.321 e. The number of anilines is 1. The van der Waals surface area contributed by atoms with Gasteiger partial charge in [0.25, 0.3) is 0 Å². The molecule has 1 fully saturated rings. The van der Waals surface area contributed by atoms with Crippen LogP contribution in [0.1, 0.15) is 12.0 Å². The average Bonchev–Trinajstić information content (AvgIpc) is 2.72. The number of urea groups is 1. The Morgan fingerprint density at radius 2 is 1.67 bits per heavy atom. The monoisotopic (exact) mass is 368 g/mol. The SMILES string of the molecule is O=C(CCN1CCN(c2ncccn2)CC1)NC(=O)NCc1ccccc1. The van der Waals surface area contributed by atoms with E-state index in [4.69, 9.17) is 0 Å². The van der Waals surface area contributed by atoms with Crippen LogP contribution in [0, 0.1) is 0 Å². The van der Waals surface area contributed by atoms with E-state index in [-0.39, 0.29) is 5.91 Å². The first-order valence-electron chi connectivity index (χ1n) is 9.06. The number of piperazine rings is 1. The van der Waals surface area contributed by atoms with E-state index in [1.807, 2.05) is 30.3 Å². The molecule has 3 amide bonds. The lowest BCUT2D eigenvalue weighted by Crippen LogP contribution is -2.48. The molecule has 8 nitrogen and oxygen atoms in total. The molecule has 0 spiro atoms. The zero-order chi connectivity index (χ0) is 18.9. The topological polar surface area (TPSA) is 90.5 Å². The van der Waals surface area contributed by atoms with Gasteiger partial charge in [0.05, 0.1) is 0 Å². The minimum Gasteiger partial charge on any atom is -0.338 e. The molecule has 3 rings (SSSR count). The molecule has 1 saturated heterocycles. The van der Waals surface area contributed by atoms with E-state index < -0.39 is 6.03 Å². The highest BCUT2D eigenvalue weighted by atomic mass is 16.2. The first-order chi connectivity index (χ1) is 13.2. The minimum atomic E-state index is -0.463. The van der Waals surface area contributed by atoms with Gasteiger partial charge in [-0.1, -0.05) is 30.3 Å². The summed E-state index contributed by atoms with van der Waals surface area (Å²) in [6.45, 7) is 4.34. The molecule has 1 aromatic carbocycles. The van der Waals surface area contributed by atoms with Gasteiger partial charge >= 0.3 is 6.03 Å². The number of benzene rings is 1. The maximum atomic E-state index is 12.0. The van der Waals surface area contributed by atoms with Crippen LogP contribution in [-0.2, 0) is 11.3 Å². The minimum absolute atomic E-state index is 0.269. The van der Waals surface area contributed by atoms with E-state index in [9.17, 15) is 9.59 Å². The molecule has 0 bridgehead atoms. The zero-order valence-electron chi connectivity index (χ0n) is 15.2. The molecule has 27 heavy (non-hydrogen) atoms. The number of hydrogen-bond acceptors (Lipinski definition) is 6. The second-order valence-electron chi connectivity index (χ2n) is 6.34. The first-order valence-corrected chi connectivity index (χ1v) is 9.06. The highest BCUT2D eigenvalue weighted by molar-refractivity contribution is 5.94. The van der Waals surface area contributed by atoms with E-state index in [0.717, 1.165) is 37.7 Å². The van der Waals surface area contributed by atoms with E-state index in [0.29, 0.717) is 19.5 Å². The molecule has 1 aromatic heterocycles. The van der Waals surface area contributed by atoms with Crippen molar-refractivity contribution in [3.8, 4) is 0 Å². The largest absolute Gasteiger partial charge is 0.338 e. The number of aromatic nitrogens is 2. The quantitative estimate of drug-likeness (QED) is 0.791. The van der Waals surface area contributed by atoms with Crippen molar-refractivity contribution in [2.24, 2.45) is 0 Å². The molecule has 1 aliphatic heterocycles. The van der Waals surface area contributed by atoms with Gasteiger partial charge in [-0.05, 0) is 11.6 Å². The number of nitrogens with one attached hydrogen (secondary N) is 2. The second kappa shape index (κ2) is 9.63. The number of carbonyl (C=O) groups is 2. The number of hydrogen-bond donors (Lipinski definition) is 2. The Morgan fingerprint density at radius 1 is 0.963 bits per heavy atom. The molecular weight excluding hydrogens is 344 g/mol. The maximum absolute atomic E-state index is 12.0. The van der Waals surface area contributed by atoms with Crippen LogP contribution in [0.2, 0.25) is 0 Å². The molecular formula is C19H24N6O2. The summed E-state index contributed by atoms with van der Waals surface area (Å²) in [7, 11) is 0. The smallest absolute Gasteiger partial charge is 0.321 e. The van der Waals surface area contributed by atoms with Gasteiger partial charge in [0, 0.05) is 58.1 Å². The van der Waals surface area contributed by atoms with E-state index >= 15 is 0 Å². The van der Waals surface area contributed by atoms with Gasteiger partial charge in [0.1, 0.15) is 0 Å². The van der Waals surface area contributed by atoms with Crippen LogP contribution >= 0.6 is 0 Å². The summed E-state index contributed by atoms with van der Waals surface area (Å²) in [6.07, 6.45) is 3.77. The van der Waals surface area contributed by atoms with Crippen LogP contribution in [0.5, 0.6) is 0 Å². The van der Waals surface area contributed by atoms with Crippen molar-refractivity contribution in [3.63, 3.8) is 0 Å². The van der Waals surface area contributed by atoms with Gasteiger partial charge in [-0.3, -0.25) is 15.0 Å². The predicted molar refractivity (Wildman–Crippen MR) is 102 cm³/mol. The van der Waals surface area contributed by atoms with Crippen molar-refractivity contribution >= 4 is 17.9 Å². The molecule has 0 unspecified atom stereocenters. The van der Waals surface area contributed by atoms with Crippen LogP contribution in [0.4, 0.5) is 10.7 Å². The first kappa shape index (κ1) is 18.8. The molecule has 2 N–H and O–H groups in total. The van der Waals surface area contributed by atoms with Crippen molar-refractivity contribution in [3.05, 3.63) is 54.4 Å². The third-order valence-electron chi connectivity index (χ3n) is 4.41. The molecule has 142 valence electrons. The summed E-state index contributed by atoms with van der Waals surface area (Å²) in [5.74, 6) is 0.472. The van der Waals surface area contributed by atoms with E-state index in [2.05, 4.69) is 30.4 Å². The Kier molecular flexibility index (Phi) is 6.70. The number of nitrogens with zero attached hydrogens (tertiary/aromatic N) is 4. The Bertz CT molecular complexity index is 732. The summed E-state index contributed by atoms with van der Waals surface area (Å²) >= 11 is 0. The van der Waals surface area contributed by atoms with Gasteiger partial charge < -0.3 is 10.2 Å². The predicted octanol–water partition coefficient (Wildman–Crippen LogP) is 1.01. The van der Waals surface area contributed by atoms with Crippen LogP contribution < -0.4 is 15.5 Å². The van der Waals surface area contributed by atoms with Crippen molar-refractivity contribution in [2.45, 2.75) is 13.0 Å². The Labute approximate surface area is 158 Å². The summed E-state index contributed by atoms with van der Waals surface area (Å²) in [5.41, 5.74) is 0.986. The third-order valence-corrected chi connectivity index (χ3v) is 4.41. The fourth-order valence-corrected chi connectivity index (χ4v) is 2.90.